The van der Waals surface area contributed by atoms with Crippen molar-refractivity contribution in [1.29, 1.82) is 0 Å². The van der Waals surface area contributed by atoms with Crippen LogP contribution in [0.25, 0.3) is 6.08 Å². The average molecular weight is 529 g/mol. The van der Waals surface area contributed by atoms with Crippen LogP contribution in [0.4, 0.5) is 0 Å². The molecular formula is C31H44O7. The lowest BCUT2D eigenvalue weighted by Gasteiger charge is -2.30. The normalized spacial score (nSPS) is 21.3. The lowest BCUT2D eigenvalue weighted by Crippen LogP contribution is -2.47. The minimum atomic E-state index is -1.03. The van der Waals surface area contributed by atoms with E-state index in [0.717, 1.165) is 48.3 Å². The van der Waals surface area contributed by atoms with Gasteiger partial charge in [-0.15, -0.1) is 0 Å². The van der Waals surface area contributed by atoms with Crippen LogP contribution in [0, 0.1) is 5.92 Å². The number of hydrogen-bond donors (Lipinski definition) is 2. The van der Waals surface area contributed by atoms with Gasteiger partial charge in [0.1, 0.15) is 29.8 Å². The van der Waals surface area contributed by atoms with E-state index in [0.29, 0.717) is 0 Å². The van der Waals surface area contributed by atoms with Crippen LogP contribution in [0.2, 0.25) is 0 Å². The summed E-state index contributed by atoms with van der Waals surface area (Å²) in [7, 11) is 3.29. The number of aliphatic hydroxyl groups is 2. The molecule has 2 aromatic rings. The first kappa shape index (κ1) is 30.1. The van der Waals surface area contributed by atoms with E-state index in [4.69, 9.17) is 23.7 Å². The standard InChI is InChI=1S/C31H44O7/c1-22(10-8-6-7-9-11-23-12-16-25(34-4)17-13-23)29-30(38-31(2,3)37-29)28(33)27(20-32)36-21-24-14-18-26(35-5)19-15-24/h9,11-19,22,27-30,32-33H,6-8,10,20-21H2,1-5H3/b11-9+/t22-,27+,28+,29-,30-/m0/s1. The molecule has 1 aliphatic rings. The zero-order chi connectivity index (χ0) is 27.5. The van der Waals surface area contributed by atoms with Crippen LogP contribution in [0.15, 0.2) is 54.6 Å². The fourth-order valence-electron chi connectivity index (χ4n) is 4.74. The Labute approximate surface area is 227 Å². The predicted octanol–water partition coefficient (Wildman–Crippen LogP) is 5.37. The molecule has 0 aromatic heterocycles. The molecule has 0 bridgehead atoms. The van der Waals surface area contributed by atoms with Gasteiger partial charge in [0.05, 0.1) is 33.5 Å². The third kappa shape index (κ3) is 8.82. The Kier molecular flexibility index (Phi) is 11.6. The summed E-state index contributed by atoms with van der Waals surface area (Å²) in [5.41, 5.74) is 2.08. The molecule has 2 aromatic carbocycles. The number of aliphatic hydroxyl groups excluding tert-OH is 2. The molecule has 0 saturated carbocycles. The number of methoxy groups -OCH3 is 2. The summed E-state index contributed by atoms with van der Waals surface area (Å²) in [5, 5.41) is 21.2. The Bertz CT molecular complexity index is 971. The molecule has 1 aliphatic heterocycles. The maximum absolute atomic E-state index is 11.2. The molecule has 0 unspecified atom stereocenters. The number of rotatable bonds is 15. The molecule has 0 amide bonds. The van der Waals surface area contributed by atoms with Crippen molar-refractivity contribution in [3.8, 4) is 11.5 Å². The van der Waals surface area contributed by atoms with Gasteiger partial charge in [-0.1, -0.05) is 49.8 Å². The van der Waals surface area contributed by atoms with E-state index in [-0.39, 0.29) is 25.2 Å². The molecule has 7 nitrogen and oxygen atoms in total. The van der Waals surface area contributed by atoms with Gasteiger partial charge in [-0.2, -0.15) is 0 Å². The van der Waals surface area contributed by atoms with Gasteiger partial charge in [0, 0.05) is 0 Å². The summed E-state index contributed by atoms with van der Waals surface area (Å²) in [4.78, 5) is 0. The number of benzene rings is 2. The van der Waals surface area contributed by atoms with Crippen LogP contribution in [0.3, 0.4) is 0 Å². The number of allylic oxidation sites excluding steroid dienone is 1. The second kappa shape index (κ2) is 14.7. The minimum Gasteiger partial charge on any atom is -0.497 e. The first-order valence-electron chi connectivity index (χ1n) is 13.5. The molecule has 2 N–H and O–H groups in total. The first-order valence-corrected chi connectivity index (χ1v) is 13.5. The minimum absolute atomic E-state index is 0.169. The van der Waals surface area contributed by atoms with Gasteiger partial charge in [-0.3, -0.25) is 0 Å². The monoisotopic (exact) mass is 528 g/mol. The van der Waals surface area contributed by atoms with E-state index in [1.807, 2.05) is 62.4 Å². The van der Waals surface area contributed by atoms with Gasteiger partial charge in [0.2, 0.25) is 0 Å². The van der Waals surface area contributed by atoms with Crippen molar-refractivity contribution in [2.24, 2.45) is 5.92 Å². The Morgan fingerprint density at radius 3 is 2.13 bits per heavy atom. The topological polar surface area (TPSA) is 86.6 Å². The highest BCUT2D eigenvalue weighted by Crippen LogP contribution is 2.36. The van der Waals surface area contributed by atoms with E-state index >= 15 is 0 Å². The highest BCUT2D eigenvalue weighted by molar-refractivity contribution is 5.50. The molecule has 1 saturated heterocycles. The third-order valence-electron chi connectivity index (χ3n) is 6.95. The van der Waals surface area contributed by atoms with Crippen molar-refractivity contribution in [3.05, 3.63) is 65.7 Å². The summed E-state index contributed by atoms with van der Waals surface area (Å²) in [6.45, 7) is 5.78. The third-order valence-corrected chi connectivity index (χ3v) is 6.95. The highest BCUT2D eigenvalue weighted by atomic mass is 16.8. The summed E-state index contributed by atoms with van der Waals surface area (Å²) < 4.78 is 28.6. The lowest BCUT2D eigenvalue weighted by atomic mass is 9.90. The van der Waals surface area contributed by atoms with Gasteiger partial charge < -0.3 is 33.9 Å². The Morgan fingerprint density at radius 1 is 0.921 bits per heavy atom. The second-order valence-corrected chi connectivity index (χ2v) is 10.4. The van der Waals surface area contributed by atoms with Crippen LogP contribution >= 0.6 is 0 Å². The van der Waals surface area contributed by atoms with Crippen LogP contribution in [0.5, 0.6) is 11.5 Å². The molecule has 1 fully saturated rings. The largest absolute Gasteiger partial charge is 0.497 e. The summed E-state index contributed by atoms with van der Waals surface area (Å²) >= 11 is 0. The molecule has 210 valence electrons. The van der Waals surface area contributed by atoms with E-state index < -0.39 is 24.1 Å². The lowest BCUT2D eigenvalue weighted by molar-refractivity contribution is -0.171. The quantitative estimate of drug-likeness (QED) is 0.301. The molecule has 7 heteroatoms. The van der Waals surface area contributed by atoms with Crippen molar-refractivity contribution >= 4 is 6.08 Å². The Balaban J connectivity index is 1.49. The zero-order valence-corrected chi connectivity index (χ0v) is 23.3. The van der Waals surface area contributed by atoms with Crippen LogP contribution in [-0.4, -0.2) is 61.2 Å². The van der Waals surface area contributed by atoms with E-state index in [1.165, 1.54) is 0 Å². The smallest absolute Gasteiger partial charge is 0.163 e. The maximum atomic E-state index is 11.2. The predicted molar refractivity (Wildman–Crippen MR) is 148 cm³/mol. The summed E-state index contributed by atoms with van der Waals surface area (Å²) in [6.07, 6.45) is 5.65. The van der Waals surface area contributed by atoms with Gasteiger partial charge in [-0.25, -0.2) is 0 Å². The molecule has 0 radical (unpaired) electrons. The van der Waals surface area contributed by atoms with Crippen molar-refractivity contribution in [2.45, 2.75) is 83.3 Å². The zero-order valence-electron chi connectivity index (χ0n) is 23.3. The van der Waals surface area contributed by atoms with E-state index in [2.05, 4.69) is 19.1 Å². The number of unbranched alkanes of at least 4 members (excludes halogenated alkanes) is 2. The molecule has 5 atom stereocenters. The Morgan fingerprint density at radius 2 is 1.53 bits per heavy atom. The van der Waals surface area contributed by atoms with Gasteiger partial charge in [0.25, 0.3) is 0 Å². The van der Waals surface area contributed by atoms with Crippen molar-refractivity contribution in [2.75, 3.05) is 20.8 Å². The molecule has 0 aliphatic carbocycles. The maximum Gasteiger partial charge on any atom is 0.163 e. The highest BCUT2D eigenvalue weighted by Gasteiger charge is 2.48. The average Bonchev–Trinajstić information content (AvgIpc) is 3.26. The van der Waals surface area contributed by atoms with Gasteiger partial charge >= 0.3 is 0 Å². The van der Waals surface area contributed by atoms with E-state index in [1.54, 1.807) is 14.2 Å². The SMILES string of the molecule is COc1ccc(/C=C/CCCC[C@H](C)[C@@H]2OC(C)(C)O[C@H]2[C@H](O)[C@@H](CO)OCc2ccc(OC)cc2)cc1. The molecule has 3 rings (SSSR count). The fourth-order valence-corrected chi connectivity index (χ4v) is 4.74. The van der Waals surface area contributed by atoms with Crippen molar-refractivity contribution in [3.63, 3.8) is 0 Å². The van der Waals surface area contributed by atoms with Crippen LogP contribution < -0.4 is 9.47 Å². The van der Waals surface area contributed by atoms with Crippen molar-refractivity contribution in [1.82, 2.24) is 0 Å². The first-order chi connectivity index (χ1) is 18.3. The fraction of sp³-hybridized carbons (Fsp3) is 0.548. The Hall–Kier alpha value is -2.42. The summed E-state index contributed by atoms with van der Waals surface area (Å²) in [6, 6.07) is 15.5. The molecule has 38 heavy (non-hydrogen) atoms. The number of hydrogen-bond acceptors (Lipinski definition) is 7. The van der Waals surface area contributed by atoms with Gasteiger partial charge in [-0.05, 0) is 74.4 Å². The van der Waals surface area contributed by atoms with Crippen molar-refractivity contribution < 1.29 is 33.9 Å². The second-order valence-electron chi connectivity index (χ2n) is 10.4. The van der Waals surface area contributed by atoms with Crippen LogP contribution in [-0.2, 0) is 20.8 Å². The van der Waals surface area contributed by atoms with Crippen LogP contribution in [0.1, 0.15) is 57.6 Å². The summed E-state index contributed by atoms with van der Waals surface area (Å²) in [5.74, 6) is 0.969. The van der Waals surface area contributed by atoms with Gasteiger partial charge in [0.15, 0.2) is 5.79 Å². The number of ether oxygens (including phenoxy) is 5. The molecule has 0 spiro atoms. The molecule has 1 heterocycles. The molecular weight excluding hydrogens is 484 g/mol. The van der Waals surface area contributed by atoms with E-state index in [9.17, 15) is 10.2 Å².